The lowest BCUT2D eigenvalue weighted by atomic mass is 9.93. The SMILES string of the molecule is COCCNC(=O)CC1CCN(C(=O)c2sc(-c3ccc(C)cc3)nc2C)CC1. The van der Waals surface area contributed by atoms with Crippen LogP contribution in [0, 0.1) is 19.8 Å². The summed E-state index contributed by atoms with van der Waals surface area (Å²) in [6.07, 6.45) is 2.22. The van der Waals surface area contributed by atoms with E-state index in [1.54, 1.807) is 7.11 Å². The molecule has 1 aromatic carbocycles. The molecule has 6 nitrogen and oxygen atoms in total. The van der Waals surface area contributed by atoms with Gasteiger partial charge in [0.05, 0.1) is 12.3 Å². The minimum atomic E-state index is 0.0568. The summed E-state index contributed by atoms with van der Waals surface area (Å²) in [7, 11) is 1.62. The number of amides is 2. The number of nitrogens with zero attached hydrogens (tertiary/aromatic N) is 2. The zero-order chi connectivity index (χ0) is 20.8. The summed E-state index contributed by atoms with van der Waals surface area (Å²) in [6.45, 7) is 6.40. The Balaban J connectivity index is 1.55. The molecule has 1 saturated heterocycles. The molecule has 1 aliphatic heterocycles. The molecular weight excluding hydrogens is 386 g/mol. The maximum Gasteiger partial charge on any atom is 0.265 e. The fraction of sp³-hybridized carbons (Fsp3) is 0.500. The van der Waals surface area contributed by atoms with Crippen LogP contribution in [0.4, 0.5) is 0 Å². The molecule has 2 aromatic rings. The van der Waals surface area contributed by atoms with Crippen LogP contribution >= 0.6 is 11.3 Å². The molecule has 156 valence electrons. The molecule has 0 aliphatic carbocycles. The van der Waals surface area contributed by atoms with Gasteiger partial charge in [0.25, 0.3) is 5.91 Å². The highest BCUT2D eigenvalue weighted by Crippen LogP contribution is 2.30. The largest absolute Gasteiger partial charge is 0.383 e. The van der Waals surface area contributed by atoms with Crippen LogP contribution in [0.5, 0.6) is 0 Å². The second-order valence-electron chi connectivity index (χ2n) is 7.58. The summed E-state index contributed by atoms with van der Waals surface area (Å²) in [5.41, 5.74) is 3.03. The second kappa shape index (κ2) is 9.98. The lowest BCUT2D eigenvalue weighted by Gasteiger charge is -2.31. The van der Waals surface area contributed by atoms with E-state index in [2.05, 4.69) is 29.4 Å². The van der Waals surface area contributed by atoms with Gasteiger partial charge >= 0.3 is 0 Å². The van der Waals surface area contributed by atoms with Crippen molar-refractivity contribution in [2.24, 2.45) is 5.92 Å². The lowest BCUT2D eigenvalue weighted by Crippen LogP contribution is -2.39. The molecule has 7 heteroatoms. The highest BCUT2D eigenvalue weighted by atomic mass is 32.1. The molecule has 0 spiro atoms. The molecular formula is C22H29N3O3S. The van der Waals surface area contributed by atoms with Gasteiger partial charge < -0.3 is 15.0 Å². The van der Waals surface area contributed by atoms with Gasteiger partial charge in [0.1, 0.15) is 9.88 Å². The molecule has 1 fully saturated rings. The highest BCUT2D eigenvalue weighted by molar-refractivity contribution is 7.17. The first-order valence-electron chi connectivity index (χ1n) is 10.1. The van der Waals surface area contributed by atoms with E-state index in [9.17, 15) is 9.59 Å². The average molecular weight is 416 g/mol. The zero-order valence-electron chi connectivity index (χ0n) is 17.4. The molecule has 0 unspecified atom stereocenters. The molecule has 1 aliphatic rings. The Labute approximate surface area is 176 Å². The summed E-state index contributed by atoms with van der Waals surface area (Å²) < 4.78 is 4.95. The first-order valence-corrected chi connectivity index (χ1v) is 10.9. The number of nitrogens with one attached hydrogen (secondary N) is 1. The van der Waals surface area contributed by atoms with Gasteiger partial charge in [0, 0.05) is 38.7 Å². The summed E-state index contributed by atoms with van der Waals surface area (Å²) in [6, 6.07) is 8.21. The molecule has 0 atom stereocenters. The Bertz CT molecular complexity index is 839. The highest BCUT2D eigenvalue weighted by Gasteiger charge is 2.27. The fourth-order valence-corrected chi connectivity index (χ4v) is 4.56. The van der Waals surface area contributed by atoms with Crippen molar-refractivity contribution in [2.45, 2.75) is 33.1 Å². The molecule has 0 bridgehead atoms. The van der Waals surface area contributed by atoms with Gasteiger partial charge in [0.2, 0.25) is 5.91 Å². The number of carbonyl (C=O) groups excluding carboxylic acids is 2. The van der Waals surface area contributed by atoms with E-state index >= 15 is 0 Å². The van der Waals surface area contributed by atoms with Crippen molar-refractivity contribution in [3.05, 3.63) is 40.4 Å². The maximum atomic E-state index is 13.0. The summed E-state index contributed by atoms with van der Waals surface area (Å²) in [5.74, 6) is 0.446. The molecule has 3 rings (SSSR count). The van der Waals surface area contributed by atoms with Crippen LogP contribution in [-0.4, -0.2) is 55.0 Å². The number of hydrogen-bond acceptors (Lipinski definition) is 5. The first-order chi connectivity index (χ1) is 14.0. The fourth-order valence-electron chi connectivity index (χ4n) is 3.53. The number of ether oxygens (including phenoxy) is 1. The third-order valence-electron chi connectivity index (χ3n) is 5.29. The molecule has 0 saturated carbocycles. The van der Waals surface area contributed by atoms with E-state index in [0.717, 1.165) is 34.0 Å². The van der Waals surface area contributed by atoms with Gasteiger partial charge in [-0.05, 0) is 32.6 Å². The minimum Gasteiger partial charge on any atom is -0.383 e. The third-order valence-corrected chi connectivity index (χ3v) is 6.49. The number of aryl methyl sites for hydroxylation is 2. The molecule has 0 radical (unpaired) electrons. The van der Waals surface area contributed by atoms with Crippen molar-refractivity contribution < 1.29 is 14.3 Å². The van der Waals surface area contributed by atoms with E-state index in [-0.39, 0.29) is 11.8 Å². The number of aromatic nitrogens is 1. The Morgan fingerprint density at radius 2 is 1.90 bits per heavy atom. The van der Waals surface area contributed by atoms with Crippen LogP contribution < -0.4 is 5.32 Å². The topological polar surface area (TPSA) is 71.5 Å². The number of carbonyl (C=O) groups is 2. The van der Waals surface area contributed by atoms with Crippen molar-refractivity contribution in [3.8, 4) is 10.6 Å². The smallest absolute Gasteiger partial charge is 0.265 e. The molecule has 1 N–H and O–H groups in total. The number of benzene rings is 1. The van der Waals surface area contributed by atoms with E-state index < -0.39 is 0 Å². The van der Waals surface area contributed by atoms with Crippen molar-refractivity contribution >= 4 is 23.2 Å². The lowest BCUT2D eigenvalue weighted by molar-refractivity contribution is -0.122. The van der Waals surface area contributed by atoms with Gasteiger partial charge in [0.15, 0.2) is 0 Å². The minimum absolute atomic E-state index is 0.0568. The van der Waals surface area contributed by atoms with Gasteiger partial charge in [-0.15, -0.1) is 11.3 Å². The monoisotopic (exact) mass is 415 g/mol. The summed E-state index contributed by atoms with van der Waals surface area (Å²) >= 11 is 1.46. The average Bonchev–Trinajstić information content (AvgIpc) is 3.10. The van der Waals surface area contributed by atoms with Gasteiger partial charge in [-0.25, -0.2) is 4.98 Å². The predicted octanol–water partition coefficient (Wildman–Crippen LogP) is 3.43. The summed E-state index contributed by atoms with van der Waals surface area (Å²) in [4.78, 5) is 32.2. The van der Waals surface area contributed by atoms with Gasteiger partial charge in [-0.1, -0.05) is 29.8 Å². The van der Waals surface area contributed by atoms with Crippen molar-refractivity contribution in [1.29, 1.82) is 0 Å². The van der Waals surface area contributed by atoms with Crippen LogP contribution in [0.15, 0.2) is 24.3 Å². The Hall–Kier alpha value is -2.25. The number of thiazole rings is 1. The van der Waals surface area contributed by atoms with E-state index in [4.69, 9.17) is 4.74 Å². The number of piperidine rings is 1. The van der Waals surface area contributed by atoms with E-state index in [0.29, 0.717) is 38.6 Å². The predicted molar refractivity (Wildman–Crippen MR) is 115 cm³/mol. The standard InChI is InChI=1S/C22H29N3O3S/c1-15-4-6-18(7-5-15)21-24-16(2)20(29-21)22(27)25-11-8-17(9-12-25)14-19(26)23-10-13-28-3/h4-7,17H,8-14H2,1-3H3,(H,23,26). The quantitative estimate of drug-likeness (QED) is 0.704. The molecule has 2 amide bonds. The number of likely N-dealkylation sites (tertiary alicyclic amines) is 1. The number of rotatable bonds is 7. The van der Waals surface area contributed by atoms with Crippen LogP contribution in [0.1, 0.15) is 40.2 Å². The molecule has 2 heterocycles. The zero-order valence-corrected chi connectivity index (χ0v) is 18.2. The Morgan fingerprint density at radius 3 is 2.55 bits per heavy atom. The second-order valence-corrected chi connectivity index (χ2v) is 8.58. The van der Waals surface area contributed by atoms with Crippen LogP contribution in [-0.2, 0) is 9.53 Å². The van der Waals surface area contributed by atoms with E-state index in [1.807, 2.05) is 24.0 Å². The van der Waals surface area contributed by atoms with E-state index in [1.165, 1.54) is 16.9 Å². The third kappa shape index (κ3) is 5.64. The van der Waals surface area contributed by atoms with Crippen LogP contribution in [0.2, 0.25) is 0 Å². The van der Waals surface area contributed by atoms with Crippen molar-refractivity contribution in [2.75, 3.05) is 33.4 Å². The van der Waals surface area contributed by atoms with Crippen LogP contribution in [0.25, 0.3) is 10.6 Å². The van der Waals surface area contributed by atoms with Gasteiger partial charge in [-0.2, -0.15) is 0 Å². The molecule has 1 aromatic heterocycles. The van der Waals surface area contributed by atoms with Gasteiger partial charge in [-0.3, -0.25) is 9.59 Å². The van der Waals surface area contributed by atoms with Crippen molar-refractivity contribution in [1.82, 2.24) is 15.2 Å². The molecule has 29 heavy (non-hydrogen) atoms. The number of hydrogen-bond donors (Lipinski definition) is 1. The normalized spacial score (nSPS) is 14.8. The van der Waals surface area contributed by atoms with Crippen molar-refractivity contribution in [3.63, 3.8) is 0 Å². The first kappa shape index (κ1) is 21.5. The van der Waals surface area contributed by atoms with Crippen LogP contribution in [0.3, 0.4) is 0 Å². The summed E-state index contributed by atoms with van der Waals surface area (Å²) in [5, 5.41) is 3.75. The Morgan fingerprint density at radius 1 is 1.21 bits per heavy atom. The Kier molecular flexibility index (Phi) is 7.39. The maximum absolute atomic E-state index is 13.0. The number of methoxy groups -OCH3 is 1.